The molecule has 2 unspecified atom stereocenters. The third kappa shape index (κ3) is 3.84. The van der Waals surface area contributed by atoms with Crippen LogP contribution in [0.25, 0.3) is 0 Å². The molecule has 5 heteroatoms. The number of ether oxygens (including phenoxy) is 1. The predicted octanol–water partition coefficient (Wildman–Crippen LogP) is 1.95. The van der Waals surface area contributed by atoms with Crippen LogP contribution in [0.3, 0.4) is 0 Å². The molecule has 5 nitrogen and oxygen atoms in total. The van der Waals surface area contributed by atoms with Crippen molar-refractivity contribution in [3.05, 3.63) is 12.4 Å². The Hall–Kier alpha value is -1.36. The molecule has 1 aliphatic rings. The molecule has 1 N–H and O–H groups in total. The molecule has 1 fully saturated rings. The molecule has 1 amide bonds. The van der Waals surface area contributed by atoms with Crippen LogP contribution in [0.5, 0.6) is 0 Å². The molecule has 2 rings (SSSR count). The van der Waals surface area contributed by atoms with Crippen molar-refractivity contribution in [1.29, 1.82) is 0 Å². The maximum absolute atomic E-state index is 11.7. The van der Waals surface area contributed by atoms with Crippen LogP contribution in [0.2, 0.25) is 0 Å². The number of aryl methyl sites for hydroxylation is 1. The lowest BCUT2D eigenvalue weighted by Crippen LogP contribution is -2.26. The number of nitrogens with zero attached hydrogens (tertiary/aromatic N) is 2. The lowest BCUT2D eigenvalue weighted by atomic mass is 9.89. The van der Waals surface area contributed by atoms with Gasteiger partial charge in [0.15, 0.2) is 0 Å². The van der Waals surface area contributed by atoms with Gasteiger partial charge in [-0.25, -0.2) is 0 Å². The average molecular weight is 251 g/mol. The predicted molar refractivity (Wildman–Crippen MR) is 69.2 cm³/mol. The summed E-state index contributed by atoms with van der Waals surface area (Å²) in [6, 6.07) is 0. The molecule has 2 atom stereocenters. The van der Waals surface area contributed by atoms with E-state index in [1.54, 1.807) is 17.1 Å². The minimum absolute atomic E-state index is 0.110. The van der Waals surface area contributed by atoms with Crippen LogP contribution in [0.15, 0.2) is 12.4 Å². The summed E-state index contributed by atoms with van der Waals surface area (Å²) in [5.41, 5.74) is 0.711. The van der Waals surface area contributed by atoms with E-state index >= 15 is 0 Å². The number of anilines is 1. The largest absolute Gasteiger partial charge is 0.368 e. The van der Waals surface area contributed by atoms with Crippen molar-refractivity contribution in [2.24, 2.45) is 13.0 Å². The standard InChI is InChI=1S/C13H21N3O2/c1-10-4-3-5-12(6-10)18-9-13(17)15-11-7-14-16(2)8-11/h7-8,10,12H,3-6,9H2,1-2H3,(H,15,17). The summed E-state index contributed by atoms with van der Waals surface area (Å²) in [6.45, 7) is 2.37. The average Bonchev–Trinajstić information content (AvgIpc) is 2.72. The molecule has 0 spiro atoms. The van der Waals surface area contributed by atoms with Gasteiger partial charge in [-0.05, 0) is 18.8 Å². The third-order valence-electron chi connectivity index (χ3n) is 3.33. The Labute approximate surface area is 108 Å². The van der Waals surface area contributed by atoms with E-state index < -0.39 is 0 Å². The van der Waals surface area contributed by atoms with E-state index in [1.165, 1.54) is 12.8 Å². The second-order valence-corrected chi connectivity index (χ2v) is 5.16. The Morgan fingerprint density at radius 1 is 1.61 bits per heavy atom. The molecule has 18 heavy (non-hydrogen) atoms. The highest BCUT2D eigenvalue weighted by Crippen LogP contribution is 2.25. The lowest BCUT2D eigenvalue weighted by Gasteiger charge is -2.26. The van der Waals surface area contributed by atoms with Crippen molar-refractivity contribution in [3.8, 4) is 0 Å². The molecule has 0 bridgehead atoms. The van der Waals surface area contributed by atoms with Gasteiger partial charge in [0.1, 0.15) is 6.61 Å². The molecule has 1 aromatic rings. The van der Waals surface area contributed by atoms with Gasteiger partial charge in [0.05, 0.1) is 18.0 Å². The molecule has 1 aliphatic carbocycles. The number of hydrogen-bond acceptors (Lipinski definition) is 3. The molecule has 0 saturated heterocycles. The van der Waals surface area contributed by atoms with E-state index in [0.29, 0.717) is 11.6 Å². The van der Waals surface area contributed by atoms with Crippen LogP contribution in [0, 0.1) is 5.92 Å². The van der Waals surface area contributed by atoms with Gasteiger partial charge in [-0.15, -0.1) is 0 Å². The first kappa shape index (κ1) is 13.1. The van der Waals surface area contributed by atoms with Crippen LogP contribution in [0.1, 0.15) is 32.6 Å². The fourth-order valence-electron chi connectivity index (χ4n) is 2.41. The SMILES string of the molecule is CC1CCCC(OCC(=O)Nc2cnn(C)c2)C1. The van der Waals surface area contributed by atoms with E-state index in [1.807, 2.05) is 7.05 Å². The minimum atomic E-state index is -0.110. The minimum Gasteiger partial charge on any atom is -0.368 e. The molecule has 1 aromatic heterocycles. The lowest BCUT2D eigenvalue weighted by molar-refractivity contribution is -0.123. The smallest absolute Gasteiger partial charge is 0.250 e. The molecule has 0 radical (unpaired) electrons. The van der Waals surface area contributed by atoms with E-state index in [0.717, 1.165) is 12.8 Å². The number of aromatic nitrogens is 2. The van der Waals surface area contributed by atoms with Gasteiger partial charge in [-0.2, -0.15) is 5.10 Å². The number of nitrogens with one attached hydrogen (secondary N) is 1. The topological polar surface area (TPSA) is 56.1 Å². The first-order valence-electron chi connectivity index (χ1n) is 6.53. The molecular formula is C13H21N3O2. The van der Waals surface area contributed by atoms with Crippen molar-refractivity contribution in [2.45, 2.75) is 38.7 Å². The van der Waals surface area contributed by atoms with E-state index in [-0.39, 0.29) is 18.6 Å². The Balaban J connectivity index is 1.71. The second kappa shape index (κ2) is 6.00. The third-order valence-corrected chi connectivity index (χ3v) is 3.33. The highest BCUT2D eigenvalue weighted by molar-refractivity contribution is 5.91. The van der Waals surface area contributed by atoms with Gasteiger partial charge in [0.25, 0.3) is 0 Å². The molecular weight excluding hydrogens is 230 g/mol. The van der Waals surface area contributed by atoms with Gasteiger partial charge in [0, 0.05) is 13.2 Å². The van der Waals surface area contributed by atoms with E-state index in [4.69, 9.17) is 4.74 Å². The normalized spacial score (nSPS) is 23.9. The molecule has 100 valence electrons. The zero-order valence-corrected chi connectivity index (χ0v) is 11.1. The summed E-state index contributed by atoms with van der Waals surface area (Å²) < 4.78 is 7.31. The van der Waals surface area contributed by atoms with Gasteiger partial charge in [-0.1, -0.05) is 19.8 Å². The summed E-state index contributed by atoms with van der Waals surface area (Å²) in [4.78, 5) is 11.7. The number of amides is 1. The summed E-state index contributed by atoms with van der Waals surface area (Å²) in [5.74, 6) is 0.603. The Morgan fingerprint density at radius 3 is 3.11 bits per heavy atom. The summed E-state index contributed by atoms with van der Waals surface area (Å²) in [7, 11) is 1.82. The van der Waals surface area contributed by atoms with Gasteiger partial charge in [0.2, 0.25) is 5.91 Å². The van der Waals surface area contributed by atoms with Crippen LogP contribution in [0.4, 0.5) is 5.69 Å². The molecule has 0 aliphatic heterocycles. The van der Waals surface area contributed by atoms with Crippen LogP contribution < -0.4 is 5.32 Å². The van der Waals surface area contributed by atoms with Crippen molar-refractivity contribution < 1.29 is 9.53 Å². The second-order valence-electron chi connectivity index (χ2n) is 5.16. The number of hydrogen-bond donors (Lipinski definition) is 1. The van der Waals surface area contributed by atoms with Crippen LogP contribution in [-0.2, 0) is 16.6 Å². The number of carbonyl (C=O) groups is 1. The number of carbonyl (C=O) groups excluding carboxylic acids is 1. The van der Waals surface area contributed by atoms with Crippen molar-refractivity contribution in [3.63, 3.8) is 0 Å². The fraction of sp³-hybridized carbons (Fsp3) is 0.692. The summed E-state index contributed by atoms with van der Waals surface area (Å²) in [6.07, 6.45) is 8.26. The van der Waals surface area contributed by atoms with Crippen molar-refractivity contribution in [1.82, 2.24) is 9.78 Å². The van der Waals surface area contributed by atoms with Gasteiger partial charge >= 0.3 is 0 Å². The molecule has 0 aromatic carbocycles. The number of rotatable bonds is 4. The van der Waals surface area contributed by atoms with Crippen LogP contribution in [-0.4, -0.2) is 28.4 Å². The van der Waals surface area contributed by atoms with E-state index in [2.05, 4.69) is 17.3 Å². The summed E-state index contributed by atoms with van der Waals surface area (Å²) >= 11 is 0. The Bertz CT molecular complexity index is 403. The molecule has 1 saturated carbocycles. The first-order valence-corrected chi connectivity index (χ1v) is 6.53. The summed E-state index contributed by atoms with van der Waals surface area (Å²) in [5, 5.41) is 6.76. The Morgan fingerprint density at radius 2 is 2.44 bits per heavy atom. The van der Waals surface area contributed by atoms with Crippen molar-refractivity contribution in [2.75, 3.05) is 11.9 Å². The highest BCUT2D eigenvalue weighted by atomic mass is 16.5. The fourth-order valence-corrected chi connectivity index (χ4v) is 2.41. The maximum Gasteiger partial charge on any atom is 0.250 e. The Kier molecular flexibility index (Phi) is 4.36. The molecule has 1 heterocycles. The van der Waals surface area contributed by atoms with Crippen LogP contribution >= 0.6 is 0 Å². The quantitative estimate of drug-likeness (QED) is 0.890. The maximum atomic E-state index is 11.7. The zero-order chi connectivity index (χ0) is 13.0. The van der Waals surface area contributed by atoms with Gasteiger partial charge in [-0.3, -0.25) is 9.48 Å². The van der Waals surface area contributed by atoms with Crippen molar-refractivity contribution >= 4 is 11.6 Å². The first-order chi connectivity index (χ1) is 8.63. The monoisotopic (exact) mass is 251 g/mol. The van der Waals surface area contributed by atoms with E-state index in [9.17, 15) is 4.79 Å². The zero-order valence-electron chi connectivity index (χ0n) is 11.1. The highest BCUT2D eigenvalue weighted by Gasteiger charge is 2.20. The van der Waals surface area contributed by atoms with Gasteiger partial charge < -0.3 is 10.1 Å².